The molecular weight excluding hydrogens is 338 g/mol. The van der Waals surface area contributed by atoms with Crippen LogP contribution in [0, 0.1) is 5.92 Å². The van der Waals surface area contributed by atoms with Crippen molar-refractivity contribution < 1.29 is 23.9 Å². The van der Waals surface area contributed by atoms with Crippen LogP contribution in [0.5, 0.6) is 0 Å². The van der Waals surface area contributed by atoms with Gasteiger partial charge >= 0.3 is 6.09 Å². The molecular formula is C18H33N3O5. The van der Waals surface area contributed by atoms with Gasteiger partial charge in [0.1, 0.15) is 5.60 Å². The number of nitrogens with one attached hydrogen (secondary N) is 2. The first-order valence-electron chi connectivity index (χ1n) is 9.21. The second-order valence-corrected chi connectivity index (χ2v) is 7.55. The smallest absolute Gasteiger partial charge is 0.407 e. The van der Waals surface area contributed by atoms with Gasteiger partial charge in [0.25, 0.3) is 0 Å². The Morgan fingerprint density at radius 2 is 1.73 bits per heavy atom. The Bertz CT molecular complexity index is 468. The average Bonchev–Trinajstić information content (AvgIpc) is 2.56. The summed E-state index contributed by atoms with van der Waals surface area (Å²) in [4.78, 5) is 37.2. The number of amides is 3. The van der Waals surface area contributed by atoms with Crippen LogP contribution in [0.4, 0.5) is 4.79 Å². The topological polar surface area (TPSA) is 97.0 Å². The van der Waals surface area contributed by atoms with E-state index >= 15 is 0 Å². The summed E-state index contributed by atoms with van der Waals surface area (Å²) in [6.45, 7) is 8.09. The molecule has 0 atom stereocenters. The Hall–Kier alpha value is -1.83. The van der Waals surface area contributed by atoms with Gasteiger partial charge in [-0.05, 0) is 39.5 Å². The Morgan fingerprint density at radius 1 is 1.08 bits per heavy atom. The zero-order valence-electron chi connectivity index (χ0n) is 16.4. The highest BCUT2D eigenvalue weighted by atomic mass is 16.6. The van der Waals surface area contributed by atoms with Gasteiger partial charge < -0.3 is 25.0 Å². The molecule has 1 fully saturated rings. The number of hydrogen-bond acceptors (Lipinski definition) is 5. The van der Waals surface area contributed by atoms with Crippen LogP contribution in [0.2, 0.25) is 0 Å². The van der Waals surface area contributed by atoms with Crippen molar-refractivity contribution in [3.63, 3.8) is 0 Å². The minimum absolute atomic E-state index is 0.00132. The molecule has 0 bridgehead atoms. The molecule has 8 nitrogen and oxygen atoms in total. The summed E-state index contributed by atoms with van der Waals surface area (Å²) in [7, 11) is 1.57. The molecule has 0 aromatic rings. The van der Waals surface area contributed by atoms with Gasteiger partial charge in [-0.1, -0.05) is 0 Å². The van der Waals surface area contributed by atoms with Crippen molar-refractivity contribution in [2.24, 2.45) is 5.92 Å². The quantitative estimate of drug-likeness (QED) is 0.670. The summed E-state index contributed by atoms with van der Waals surface area (Å²) in [5, 5.41) is 5.51. The number of piperidine rings is 1. The lowest BCUT2D eigenvalue weighted by Gasteiger charge is -2.32. The van der Waals surface area contributed by atoms with Crippen molar-refractivity contribution in [2.75, 3.05) is 39.9 Å². The molecule has 2 N–H and O–H groups in total. The number of hydrogen-bond donors (Lipinski definition) is 2. The van der Waals surface area contributed by atoms with Crippen molar-refractivity contribution >= 4 is 17.9 Å². The van der Waals surface area contributed by atoms with Gasteiger partial charge in [-0.15, -0.1) is 0 Å². The van der Waals surface area contributed by atoms with Crippen molar-refractivity contribution in [2.45, 2.75) is 52.1 Å². The molecule has 1 aliphatic rings. The van der Waals surface area contributed by atoms with E-state index in [0.29, 0.717) is 38.6 Å². The molecule has 0 saturated carbocycles. The molecule has 0 aliphatic carbocycles. The zero-order chi connectivity index (χ0) is 19.6. The Morgan fingerprint density at radius 3 is 2.31 bits per heavy atom. The summed E-state index contributed by atoms with van der Waals surface area (Å²) in [5.74, 6) is 0.424. The summed E-state index contributed by atoms with van der Waals surface area (Å²) in [5.41, 5.74) is -0.547. The van der Waals surface area contributed by atoms with Crippen LogP contribution in [0.25, 0.3) is 0 Å². The number of carbonyl (C=O) groups is 3. The van der Waals surface area contributed by atoms with Gasteiger partial charge in [-0.2, -0.15) is 0 Å². The van der Waals surface area contributed by atoms with Crippen molar-refractivity contribution in [1.29, 1.82) is 0 Å². The minimum Gasteiger partial charge on any atom is -0.444 e. The average molecular weight is 371 g/mol. The predicted octanol–water partition coefficient (Wildman–Crippen LogP) is 1.29. The monoisotopic (exact) mass is 371 g/mol. The van der Waals surface area contributed by atoms with Crippen LogP contribution in [-0.2, 0) is 19.1 Å². The maximum Gasteiger partial charge on any atom is 0.407 e. The molecule has 150 valence electrons. The molecule has 1 saturated heterocycles. The molecule has 0 unspecified atom stereocenters. The molecule has 8 heteroatoms. The second-order valence-electron chi connectivity index (χ2n) is 7.55. The van der Waals surface area contributed by atoms with E-state index in [1.165, 1.54) is 0 Å². The largest absolute Gasteiger partial charge is 0.444 e. The van der Waals surface area contributed by atoms with E-state index in [4.69, 9.17) is 9.47 Å². The number of nitrogens with zero attached hydrogens (tertiary/aromatic N) is 1. The Balaban J connectivity index is 2.17. The van der Waals surface area contributed by atoms with Crippen LogP contribution >= 0.6 is 0 Å². The molecule has 0 radical (unpaired) electrons. The van der Waals surface area contributed by atoms with Gasteiger partial charge in [0.05, 0.1) is 6.61 Å². The first-order chi connectivity index (χ1) is 12.2. The Labute approximate surface area is 156 Å². The lowest BCUT2D eigenvalue weighted by Crippen LogP contribution is -2.42. The van der Waals surface area contributed by atoms with Crippen molar-refractivity contribution in [1.82, 2.24) is 15.5 Å². The molecule has 26 heavy (non-hydrogen) atoms. The fourth-order valence-corrected chi connectivity index (χ4v) is 2.67. The van der Waals surface area contributed by atoms with Crippen LogP contribution < -0.4 is 10.6 Å². The standard InChI is InChI=1S/C18H33N3O5/c1-18(2,3)26-17(24)19-9-5-16(23)21-10-6-14(7-11-21)13-20-15(22)8-12-25-4/h14H,5-13H2,1-4H3,(H,19,24)(H,20,22). The normalized spacial score (nSPS) is 15.5. The van der Waals surface area contributed by atoms with E-state index in [9.17, 15) is 14.4 Å². The lowest BCUT2D eigenvalue weighted by molar-refractivity contribution is -0.132. The van der Waals surface area contributed by atoms with Gasteiger partial charge in [0.15, 0.2) is 0 Å². The fourth-order valence-electron chi connectivity index (χ4n) is 2.67. The van der Waals surface area contributed by atoms with Gasteiger partial charge in [0, 0.05) is 46.1 Å². The first-order valence-corrected chi connectivity index (χ1v) is 9.21. The third-order valence-corrected chi connectivity index (χ3v) is 4.10. The maximum absolute atomic E-state index is 12.2. The van der Waals surface area contributed by atoms with Crippen LogP contribution in [0.15, 0.2) is 0 Å². The minimum atomic E-state index is -0.547. The summed E-state index contributed by atoms with van der Waals surface area (Å²) in [6, 6.07) is 0. The van der Waals surface area contributed by atoms with E-state index in [-0.39, 0.29) is 24.8 Å². The SMILES string of the molecule is COCCC(=O)NCC1CCN(C(=O)CCNC(=O)OC(C)(C)C)CC1. The molecule has 1 rings (SSSR count). The summed E-state index contributed by atoms with van der Waals surface area (Å²) in [6.07, 6.45) is 1.87. The van der Waals surface area contributed by atoms with Crippen molar-refractivity contribution in [3.05, 3.63) is 0 Å². The van der Waals surface area contributed by atoms with Gasteiger partial charge in [-0.3, -0.25) is 9.59 Å². The maximum atomic E-state index is 12.2. The number of carbonyl (C=O) groups excluding carboxylic acids is 3. The number of ether oxygens (including phenoxy) is 2. The highest BCUT2D eigenvalue weighted by Gasteiger charge is 2.23. The molecule has 0 aromatic carbocycles. The third-order valence-electron chi connectivity index (χ3n) is 4.10. The molecule has 0 aromatic heterocycles. The Kier molecular flexibility index (Phi) is 9.40. The van der Waals surface area contributed by atoms with E-state index in [2.05, 4.69) is 10.6 Å². The zero-order valence-corrected chi connectivity index (χ0v) is 16.4. The number of likely N-dealkylation sites (tertiary alicyclic amines) is 1. The highest BCUT2D eigenvalue weighted by molar-refractivity contribution is 5.77. The first kappa shape index (κ1) is 22.2. The predicted molar refractivity (Wildman–Crippen MR) is 97.7 cm³/mol. The molecule has 0 spiro atoms. The number of alkyl carbamates (subject to hydrolysis) is 1. The fraction of sp³-hybridized carbons (Fsp3) is 0.833. The van der Waals surface area contributed by atoms with E-state index in [1.807, 2.05) is 4.90 Å². The van der Waals surface area contributed by atoms with Gasteiger partial charge in [0.2, 0.25) is 11.8 Å². The second kappa shape index (κ2) is 11.0. The molecule has 1 heterocycles. The number of rotatable bonds is 8. The van der Waals surface area contributed by atoms with Crippen LogP contribution in [-0.4, -0.2) is 68.3 Å². The lowest BCUT2D eigenvalue weighted by atomic mass is 9.96. The van der Waals surface area contributed by atoms with Crippen LogP contribution in [0.3, 0.4) is 0 Å². The van der Waals surface area contributed by atoms with E-state index in [1.54, 1.807) is 27.9 Å². The van der Waals surface area contributed by atoms with E-state index in [0.717, 1.165) is 12.8 Å². The van der Waals surface area contributed by atoms with Crippen LogP contribution in [0.1, 0.15) is 46.5 Å². The molecule has 1 aliphatic heterocycles. The third kappa shape index (κ3) is 9.60. The highest BCUT2D eigenvalue weighted by Crippen LogP contribution is 2.17. The summed E-state index contributed by atoms with van der Waals surface area (Å²) >= 11 is 0. The van der Waals surface area contributed by atoms with E-state index < -0.39 is 11.7 Å². The molecule has 3 amide bonds. The van der Waals surface area contributed by atoms with Crippen molar-refractivity contribution in [3.8, 4) is 0 Å². The summed E-state index contributed by atoms with van der Waals surface area (Å²) < 4.78 is 10.0. The van der Waals surface area contributed by atoms with Gasteiger partial charge in [-0.25, -0.2) is 4.79 Å². The number of methoxy groups -OCH3 is 1.